The summed E-state index contributed by atoms with van der Waals surface area (Å²) in [6, 6.07) is 18.1. The van der Waals surface area contributed by atoms with Crippen LogP contribution in [0.25, 0.3) is 0 Å². The van der Waals surface area contributed by atoms with E-state index in [0.29, 0.717) is 32.6 Å². The molecule has 29 heavy (non-hydrogen) atoms. The summed E-state index contributed by atoms with van der Waals surface area (Å²) in [7, 11) is 0. The molecular weight excluding hydrogens is 384 g/mol. The number of nitrogens with zero attached hydrogens (tertiary/aromatic N) is 2. The quantitative estimate of drug-likeness (QED) is 0.718. The highest BCUT2D eigenvalue weighted by Crippen LogP contribution is 2.50. The SMILES string of the molecule is O=C(CCCc1ccccc1)N1CCN(C(=O)C2CC2c2ccccc2Cl)CC1. The number of amides is 2. The molecule has 2 unspecified atom stereocenters. The number of rotatable bonds is 6. The fraction of sp³-hybridized carbons (Fsp3) is 0.417. The molecule has 1 saturated carbocycles. The Morgan fingerprint density at radius 3 is 2.28 bits per heavy atom. The Hall–Kier alpha value is -2.33. The second kappa shape index (κ2) is 9.00. The molecule has 4 rings (SSSR count). The van der Waals surface area contributed by atoms with Crippen molar-refractivity contribution < 1.29 is 9.59 Å². The zero-order chi connectivity index (χ0) is 20.2. The first kappa shape index (κ1) is 20.0. The molecule has 0 bridgehead atoms. The maximum Gasteiger partial charge on any atom is 0.226 e. The lowest BCUT2D eigenvalue weighted by Gasteiger charge is -2.35. The first-order valence-electron chi connectivity index (χ1n) is 10.5. The highest BCUT2D eigenvalue weighted by atomic mass is 35.5. The van der Waals surface area contributed by atoms with Gasteiger partial charge in [-0.1, -0.05) is 60.1 Å². The number of carbonyl (C=O) groups is 2. The van der Waals surface area contributed by atoms with Crippen molar-refractivity contribution in [3.8, 4) is 0 Å². The van der Waals surface area contributed by atoms with E-state index < -0.39 is 0 Å². The molecular formula is C24H27ClN2O2. The fourth-order valence-electron chi connectivity index (χ4n) is 4.24. The van der Waals surface area contributed by atoms with Crippen molar-refractivity contribution in [2.24, 2.45) is 5.92 Å². The zero-order valence-corrected chi connectivity index (χ0v) is 17.4. The van der Waals surface area contributed by atoms with Crippen LogP contribution in [0.15, 0.2) is 54.6 Å². The third-order valence-electron chi connectivity index (χ3n) is 6.06. The molecule has 0 aromatic heterocycles. The summed E-state index contributed by atoms with van der Waals surface area (Å²) in [5.41, 5.74) is 2.35. The van der Waals surface area contributed by atoms with E-state index in [4.69, 9.17) is 11.6 Å². The molecule has 1 aliphatic carbocycles. The maximum atomic E-state index is 12.8. The highest BCUT2D eigenvalue weighted by Gasteiger charge is 2.46. The molecule has 152 valence electrons. The van der Waals surface area contributed by atoms with Gasteiger partial charge in [-0.15, -0.1) is 0 Å². The van der Waals surface area contributed by atoms with E-state index in [1.54, 1.807) is 0 Å². The maximum absolute atomic E-state index is 12.8. The normalized spacial score (nSPS) is 21.1. The van der Waals surface area contributed by atoms with Gasteiger partial charge in [-0.05, 0) is 42.4 Å². The Labute approximate surface area is 177 Å². The molecule has 1 heterocycles. The molecule has 1 saturated heterocycles. The molecule has 0 radical (unpaired) electrons. The minimum atomic E-state index is 0.0445. The fourth-order valence-corrected chi connectivity index (χ4v) is 4.52. The third kappa shape index (κ3) is 4.81. The first-order chi connectivity index (χ1) is 14.1. The van der Waals surface area contributed by atoms with Gasteiger partial charge < -0.3 is 9.80 Å². The number of hydrogen-bond donors (Lipinski definition) is 0. The molecule has 0 spiro atoms. The van der Waals surface area contributed by atoms with Crippen LogP contribution in [0.3, 0.4) is 0 Å². The number of piperazine rings is 1. The van der Waals surface area contributed by atoms with Crippen LogP contribution in [0.5, 0.6) is 0 Å². The van der Waals surface area contributed by atoms with Crippen LogP contribution in [-0.4, -0.2) is 47.8 Å². The van der Waals surface area contributed by atoms with Gasteiger partial charge in [0.15, 0.2) is 0 Å². The Morgan fingerprint density at radius 2 is 1.55 bits per heavy atom. The summed E-state index contributed by atoms with van der Waals surface area (Å²) in [4.78, 5) is 29.2. The summed E-state index contributed by atoms with van der Waals surface area (Å²) in [6.45, 7) is 2.54. The average Bonchev–Trinajstić information content (AvgIpc) is 3.55. The topological polar surface area (TPSA) is 40.6 Å². The number of hydrogen-bond acceptors (Lipinski definition) is 2. The number of halogens is 1. The zero-order valence-electron chi connectivity index (χ0n) is 16.6. The van der Waals surface area contributed by atoms with Crippen LogP contribution >= 0.6 is 11.6 Å². The summed E-state index contributed by atoms with van der Waals surface area (Å²) in [5.74, 6) is 0.705. The van der Waals surface area contributed by atoms with Crippen molar-refractivity contribution >= 4 is 23.4 Å². The van der Waals surface area contributed by atoms with Gasteiger partial charge >= 0.3 is 0 Å². The predicted octanol–water partition coefficient (Wildman–Crippen LogP) is 4.14. The van der Waals surface area contributed by atoms with Crippen molar-refractivity contribution in [2.45, 2.75) is 31.6 Å². The lowest BCUT2D eigenvalue weighted by molar-refractivity contribution is -0.140. The predicted molar refractivity (Wildman–Crippen MR) is 115 cm³/mol. The molecule has 2 aromatic rings. The van der Waals surface area contributed by atoms with Crippen molar-refractivity contribution in [1.82, 2.24) is 9.80 Å². The van der Waals surface area contributed by atoms with Crippen LogP contribution in [0, 0.1) is 5.92 Å². The van der Waals surface area contributed by atoms with Crippen LogP contribution in [-0.2, 0) is 16.0 Å². The molecule has 2 amide bonds. The number of benzene rings is 2. The Bertz CT molecular complexity index is 862. The van der Waals surface area contributed by atoms with Gasteiger partial charge in [0.1, 0.15) is 0 Å². The van der Waals surface area contributed by atoms with Crippen molar-refractivity contribution in [3.05, 3.63) is 70.7 Å². The third-order valence-corrected chi connectivity index (χ3v) is 6.40. The van der Waals surface area contributed by atoms with Gasteiger partial charge in [-0.25, -0.2) is 0 Å². The van der Waals surface area contributed by atoms with E-state index in [-0.39, 0.29) is 23.7 Å². The minimum Gasteiger partial charge on any atom is -0.339 e. The van der Waals surface area contributed by atoms with E-state index >= 15 is 0 Å². The van der Waals surface area contributed by atoms with E-state index in [1.165, 1.54) is 5.56 Å². The van der Waals surface area contributed by atoms with Crippen LogP contribution in [0.4, 0.5) is 0 Å². The highest BCUT2D eigenvalue weighted by molar-refractivity contribution is 6.31. The minimum absolute atomic E-state index is 0.0445. The summed E-state index contributed by atoms with van der Waals surface area (Å²) in [6.07, 6.45) is 3.24. The molecule has 4 nitrogen and oxygen atoms in total. The first-order valence-corrected chi connectivity index (χ1v) is 10.9. The van der Waals surface area contributed by atoms with E-state index in [2.05, 4.69) is 12.1 Å². The van der Waals surface area contributed by atoms with E-state index in [1.807, 2.05) is 52.3 Å². The van der Waals surface area contributed by atoms with E-state index in [9.17, 15) is 9.59 Å². The summed E-state index contributed by atoms with van der Waals surface area (Å²) in [5, 5.41) is 0.749. The van der Waals surface area contributed by atoms with E-state index in [0.717, 1.165) is 29.8 Å². The van der Waals surface area contributed by atoms with Gasteiger partial charge in [0, 0.05) is 43.5 Å². The Kier molecular flexibility index (Phi) is 6.19. The molecule has 1 aliphatic heterocycles. The second-order valence-electron chi connectivity index (χ2n) is 8.02. The van der Waals surface area contributed by atoms with Gasteiger partial charge in [-0.2, -0.15) is 0 Å². The molecule has 2 fully saturated rings. The number of aryl methyl sites for hydroxylation is 1. The Balaban J connectivity index is 1.21. The molecule has 2 aliphatic rings. The Morgan fingerprint density at radius 1 is 0.897 bits per heavy atom. The second-order valence-corrected chi connectivity index (χ2v) is 8.42. The van der Waals surface area contributed by atoms with Gasteiger partial charge in [0.05, 0.1) is 0 Å². The molecule has 5 heteroatoms. The lowest BCUT2D eigenvalue weighted by Crippen LogP contribution is -2.51. The molecule has 2 atom stereocenters. The van der Waals surface area contributed by atoms with Crippen molar-refractivity contribution in [2.75, 3.05) is 26.2 Å². The van der Waals surface area contributed by atoms with Crippen LogP contribution in [0.2, 0.25) is 5.02 Å². The van der Waals surface area contributed by atoms with Crippen molar-refractivity contribution in [1.29, 1.82) is 0 Å². The van der Waals surface area contributed by atoms with Gasteiger partial charge in [0.2, 0.25) is 11.8 Å². The summed E-state index contributed by atoms with van der Waals surface area (Å²) >= 11 is 6.28. The smallest absolute Gasteiger partial charge is 0.226 e. The molecule has 2 aromatic carbocycles. The van der Waals surface area contributed by atoms with Gasteiger partial charge in [0.25, 0.3) is 0 Å². The average molecular weight is 411 g/mol. The van der Waals surface area contributed by atoms with Crippen LogP contribution < -0.4 is 0 Å². The van der Waals surface area contributed by atoms with Crippen LogP contribution in [0.1, 0.15) is 36.3 Å². The lowest BCUT2D eigenvalue weighted by atomic mass is 10.1. The number of carbonyl (C=O) groups excluding carboxylic acids is 2. The monoisotopic (exact) mass is 410 g/mol. The largest absolute Gasteiger partial charge is 0.339 e. The standard InChI is InChI=1S/C24H27ClN2O2/c25-22-11-5-4-10-19(22)20-17-21(20)24(29)27-15-13-26(14-16-27)23(28)12-6-9-18-7-2-1-3-8-18/h1-5,7-8,10-11,20-21H,6,9,12-17H2. The summed E-state index contributed by atoms with van der Waals surface area (Å²) < 4.78 is 0. The molecule has 0 N–H and O–H groups in total. The van der Waals surface area contributed by atoms with Gasteiger partial charge in [-0.3, -0.25) is 9.59 Å². The van der Waals surface area contributed by atoms with Crippen molar-refractivity contribution in [3.63, 3.8) is 0 Å².